The maximum Gasteiger partial charge on any atom is 0.245 e. The highest BCUT2D eigenvalue weighted by Crippen LogP contribution is 2.47. The van der Waals surface area contributed by atoms with Crippen LogP contribution in [0.1, 0.15) is 31.7 Å². The minimum absolute atomic E-state index is 0.0674. The number of benzene rings is 1. The number of nitrogens with one attached hydrogen (secondary N) is 2. The van der Waals surface area contributed by atoms with Gasteiger partial charge in [0.2, 0.25) is 11.8 Å². The summed E-state index contributed by atoms with van der Waals surface area (Å²) in [6, 6.07) is 9.27. The van der Waals surface area contributed by atoms with Crippen LogP contribution in [0.15, 0.2) is 30.3 Å². The summed E-state index contributed by atoms with van der Waals surface area (Å²) >= 11 is 0. The maximum absolute atomic E-state index is 12.4. The fraction of sp³-hybridized carbons (Fsp3) is 0.529. The van der Waals surface area contributed by atoms with Gasteiger partial charge in [0.25, 0.3) is 0 Å². The van der Waals surface area contributed by atoms with Crippen LogP contribution in [0.2, 0.25) is 0 Å². The van der Waals surface area contributed by atoms with Gasteiger partial charge in [-0.3, -0.25) is 9.59 Å². The van der Waals surface area contributed by atoms with Gasteiger partial charge in [-0.2, -0.15) is 0 Å². The quantitative estimate of drug-likeness (QED) is 0.836. The molecular formula is C17H24N2O3. The summed E-state index contributed by atoms with van der Waals surface area (Å²) in [6.07, 6.45) is 0.823. The zero-order chi connectivity index (χ0) is 16.3. The van der Waals surface area contributed by atoms with Crippen molar-refractivity contribution in [2.75, 3.05) is 14.2 Å². The molecule has 0 heterocycles. The molecule has 2 amide bonds. The molecular weight excluding hydrogens is 280 g/mol. The standard InChI is InChI=1S/C17H24N2O3/c1-17(2,22-4)14(16(21)18-3)19-15(20)13-10-12(13)11-8-6-5-7-9-11/h5-9,12-14H,10H2,1-4H3,(H,18,21)(H,19,20)/t12-,13?,14?/m0/s1. The molecule has 5 nitrogen and oxygen atoms in total. The summed E-state index contributed by atoms with van der Waals surface area (Å²) < 4.78 is 5.36. The zero-order valence-corrected chi connectivity index (χ0v) is 13.6. The van der Waals surface area contributed by atoms with Crippen molar-refractivity contribution in [3.05, 3.63) is 35.9 Å². The maximum atomic E-state index is 12.4. The Morgan fingerprint density at radius 2 is 1.91 bits per heavy atom. The number of ether oxygens (including phenoxy) is 1. The number of hydrogen-bond acceptors (Lipinski definition) is 3. The van der Waals surface area contributed by atoms with E-state index >= 15 is 0 Å². The molecule has 0 aromatic heterocycles. The molecule has 1 aromatic rings. The molecule has 1 fully saturated rings. The summed E-state index contributed by atoms with van der Waals surface area (Å²) in [7, 11) is 3.09. The predicted molar refractivity (Wildman–Crippen MR) is 84.4 cm³/mol. The molecule has 0 saturated heterocycles. The molecule has 1 saturated carbocycles. The van der Waals surface area contributed by atoms with Gasteiger partial charge in [-0.05, 0) is 31.7 Å². The fourth-order valence-corrected chi connectivity index (χ4v) is 2.62. The second kappa shape index (κ2) is 6.48. The van der Waals surface area contributed by atoms with Crippen molar-refractivity contribution in [2.45, 2.75) is 37.8 Å². The third kappa shape index (κ3) is 3.47. The van der Waals surface area contributed by atoms with E-state index in [0.717, 1.165) is 6.42 Å². The number of amides is 2. The van der Waals surface area contributed by atoms with Crippen molar-refractivity contribution >= 4 is 11.8 Å². The summed E-state index contributed by atoms with van der Waals surface area (Å²) in [4.78, 5) is 24.5. The Hall–Kier alpha value is -1.88. The Labute approximate surface area is 131 Å². The molecule has 2 N–H and O–H groups in total. The summed E-state index contributed by atoms with van der Waals surface area (Å²) in [6.45, 7) is 3.57. The van der Waals surface area contributed by atoms with Crippen LogP contribution >= 0.6 is 0 Å². The van der Waals surface area contributed by atoms with Crippen LogP contribution in [0.4, 0.5) is 0 Å². The second-order valence-electron chi connectivity index (χ2n) is 6.22. The van der Waals surface area contributed by atoms with E-state index in [4.69, 9.17) is 4.74 Å². The first-order chi connectivity index (χ1) is 10.4. The van der Waals surface area contributed by atoms with Crippen LogP contribution in [0, 0.1) is 5.92 Å². The normalized spacial score (nSPS) is 21.8. The Bertz CT molecular complexity index is 542. The highest BCUT2D eigenvalue weighted by atomic mass is 16.5. The van der Waals surface area contributed by atoms with E-state index < -0.39 is 11.6 Å². The van der Waals surface area contributed by atoms with Crippen molar-refractivity contribution in [1.29, 1.82) is 0 Å². The van der Waals surface area contributed by atoms with E-state index in [-0.39, 0.29) is 23.7 Å². The van der Waals surface area contributed by atoms with Crippen molar-refractivity contribution < 1.29 is 14.3 Å². The van der Waals surface area contributed by atoms with E-state index in [9.17, 15) is 9.59 Å². The first kappa shape index (κ1) is 16.5. The lowest BCUT2D eigenvalue weighted by Gasteiger charge is -2.32. The van der Waals surface area contributed by atoms with Crippen molar-refractivity contribution in [3.63, 3.8) is 0 Å². The van der Waals surface area contributed by atoms with Gasteiger partial charge >= 0.3 is 0 Å². The average molecular weight is 304 g/mol. The molecule has 1 aliphatic carbocycles. The van der Waals surface area contributed by atoms with Crippen molar-refractivity contribution in [3.8, 4) is 0 Å². The first-order valence-electron chi connectivity index (χ1n) is 7.52. The molecule has 0 spiro atoms. The van der Waals surface area contributed by atoms with Gasteiger partial charge in [0.05, 0.1) is 5.60 Å². The topological polar surface area (TPSA) is 67.4 Å². The molecule has 22 heavy (non-hydrogen) atoms. The predicted octanol–water partition coefficient (Wildman–Crippen LogP) is 1.45. The molecule has 0 radical (unpaired) electrons. The molecule has 1 aliphatic rings. The van der Waals surface area contributed by atoms with Crippen LogP contribution in [0.25, 0.3) is 0 Å². The third-order valence-electron chi connectivity index (χ3n) is 4.37. The van der Waals surface area contributed by atoms with Crippen LogP contribution in [0.3, 0.4) is 0 Å². The van der Waals surface area contributed by atoms with Crippen LogP contribution < -0.4 is 10.6 Å². The number of carbonyl (C=O) groups excluding carboxylic acids is 2. The molecule has 2 rings (SSSR count). The van der Waals surface area contributed by atoms with Crippen molar-refractivity contribution in [1.82, 2.24) is 10.6 Å². The fourth-order valence-electron chi connectivity index (χ4n) is 2.62. The van der Waals surface area contributed by atoms with Gasteiger partial charge in [0.15, 0.2) is 0 Å². The SMILES string of the molecule is CNC(=O)C(NC(=O)C1C[C@H]1c1ccccc1)C(C)(C)OC. The van der Waals surface area contributed by atoms with Gasteiger partial charge in [-0.15, -0.1) is 0 Å². The molecule has 2 unspecified atom stereocenters. The second-order valence-corrected chi connectivity index (χ2v) is 6.22. The van der Waals surface area contributed by atoms with Crippen molar-refractivity contribution in [2.24, 2.45) is 5.92 Å². The number of likely N-dealkylation sites (N-methyl/N-ethyl adjacent to an activating group) is 1. The molecule has 0 aliphatic heterocycles. The molecule has 120 valence electrons. The molecule has 3 atom stereocenters. The number of hydrogen-bond donors (Lipinski definition) is 2. The number of rotatable bonds is 6. The van der Waals surface area contributed by atoms with Crippen LogP contribution in [-0.4, -0.2) is 37.6 Å². The van der Waals surface area contributed by atoms with Gasteiger partial charge in [0, 0.05) is 20.1 Å². The minimum atomic E-state index is -0.771. The van der Waals surface area contributed by atoms with E-state index in [2.05, 4.69) is 10.6 Å². The summed E-state index contributed by atoms with van der Waals surface area (Å²) in [5, 5.41) is 5.42. The van der Waals surface area contributed by atoms with Gasteiger partial charge in [-0.1, -0.05) is 30.3 Å². The smallest absolute Gasteiger partial charge is 0.245 e. The third-order valence-corrected chi connectivity index (χ3v) is 4.37. The van der Waals surface area contributed by atoms with E-state index in [0.29, 0.717) is 0 Å². The summed E-state index contributed by atoms with van der Waals surface area (Å²) in [5.41, 5.74) is 0.400. The van der Waals surface area contributed by atoms with Gasteiger partial charge in [-0.25, -0.2) is 0 Å². The zero-order valence-electron chi connectivity index (χ0n) is 13.6. The van der Waals surface area contributed by atoms with Crippen LogP contribution in [-0.2, 0) is 14.3 Å². The monoisotopic (exact) mass is 304 g/mol. The minimum Gasteiger partial charge on any atom is -0.376 e. The lowest BCUT2D eigenvalue weighted by molar-refractivity contribution is -0.136. The summed E-state index contributed by atoms with van der Waals surface area (Å²) in [5.74, 6) is -0.163. The Morgan fingerprint density at radius 1 is 1.27 bits per heavy atom. The lowest BCUT2D eigenvalue weighted by Crippen LogP contribution is -2.58. The number of carbonyl (C=O) groups is 2. The van der Waals surface area contributed by atoms with E-state index in [1.54, 1.807) is 20.9 Å². The lowest BCUT2D eigenvalue weighted by atomic mass is 9.97. The Morgan fingerprint density at radius 3 is 2.45 bits per heavy atom. The van der Waals surface area contributed by atoms with Gasteiger partial charge < -0.3 is 15.4 Å². The first-order valence-corrected chi connectivity index (χ1v) is 7.52. The largest absolute Gasteiger partial charge is 0.376 e. The number of methoxy groups -OCH3 is 1. The van der Waals surface area contributed by atoms with E-state index in [1.807, 2.05) is 30.3 Å². The Kier molecular flexibility index (Phi) is 4.86. The Balaban J connectivity index is 2.03. The van der Waals surface area contributed by atoms with Crippen LogP contribution in [0.5, 0.6) is 0 Å². The molecule has 0 bridgehead atoms. The van der Waals surface area contributed by atoms with Gasteiger partial charge in [0.1, 0.15) is 6.04 Å². The van der Waals surface area contributed by atoms with E-state index in [1.165, 1.54) is 12.7 Å². The molecule has 1 aromatic carbocycles. The highest BCUT2D eigenvalue weighted by molar-refractivity contribution is 5.90. The average Bonchev–Trinajstić information content (AvgIpc) is 3.33. The highest BCUT2D eigenvalue weighted by Gasteiger charge is 2.46. The molecule has 5 heteroatoms.